The third-order valence-corrected chi connectivity index (χ3v) is 4.29. The molecule has 0 spiro atoms. The van der Waals surface area contributed by atoms with E-state index in [1.165, 1.54) is 11.3 Å². The van der Waals surface area contributed by atoms with Crippen molar-refractivity contribution in [2.24, 2.45) is 0 Å². The largest absolute Gasteiger partial charge is 0.326 e. The van der Waals surface area contributed by atoms with Crippen molar-refractivity contribution in [3.63, 3.8) is 0 Å². The molecule has 0 radical (unpaired) electrons. The normalized spacial score (nSPS) is 10.4. The summed E-state index contributed by atoms with van der Waals surface area (Å²) >= 11 is 4.87. The monoisotopic (exact) mass is 373 g/mol. The van der Waals surface area contributed by atoms with Gasteiger partial charge < -0.3 is 5.32 Å². The molecule has 3 rings (SSSR count). The molecule has 0 aliphatic heterocycles. The van der Waals surface area contributed by atoms with Gasteiger partial charge in [0.05, 0.1) is 17.8 Å². The summed E-state index contributed by atoms with van der Waals surface area (Å²) < 4.78 is 0.927. The molecule has 3 aromatic rings. The molecule has 0 aliphatic rings. The van der Waals surface area contributed by atoms with Crippen molar-refractivity contribution >= 4 is 38.9 Å². The Kier molecular flexibility index (Phi) is 4.60. The van der Waals surface area contributed by atoms with Crippen molar-refractivity contribution < 1.29 is 4.79 Å². The van der Waals surface area contributed by atoms with E-state index < -0.39 is 0 Å². The molecule has 0 atom stereocenters. The molecule has 0 fully saturated rings. The standard InChI is InChI=1S/C16H12BrN3OS/c17-11-4-3-5-12(8-11)19-15(21)9-13-10-22-16(20-13)14-6-1-2-7-18-14/h1-8,10H,9H2,(H,19,21). The van der Waals surface area contributed by atoms with Crippen LogP contribution in [0.5, 0.6) is 0 Å². The number of carbonyl (C=O) groups excluding carboxylic acids is 1. The fraction of sp³-hybridized carbons (Fsp3) is 0.0625. The lowest BCUT2D eigenvalue weighted by atomic mass is 10.3. The van der Waals surface area contributed by atoms with E-state index in [1.807, 2.05) is 47.8 Å². The number of nitrogens with one attached hydrogen (secondary N) is 1. The Morgan fingerprint density at radius 2 is 2.14 bits per heavy atom. The quantitative estimate of drug-likeness (QED) is 0.747. The van der Waals surface area contributed by atoms with Crippen LogP contribution in [0.25, 0.3) is 10.7 Å². The fourth-order valence-electron chi connectivity index (χ4n) is 1.93. The van der Waals surface area contributed by atoms with Crippen LogP contribution in [0.1, 0.15) is 5.69 Å². The van der Waals surface area contributed by atoms with Gasteiger partial charge >= 0.3 is 0 Å². The highest BCUT2D eigenvalue weighted by atomic mass is 79.9. The maximum atomic E-state index is 12.1. The second-order valence-corrected chi connectivity index (χ2v) is 6.37. The van der Waals surface area contributed by atoms with Crippen molar-refractivity contribution in [2.75, 3.05) is 5.32 Å². The van der Waals surface area contributed by atoms with Crippen LogP contribution in [0.4, 0.5) is 5.69 Å². The van der Waals surface area contributed by atoms with Crippen LogP contribution >= 0.6 is 27.3 Å². The maximum Gasteiger partial charge on any atom is 0.230 e. The van der Waals surface area contributed by atoms with Crippen LogP contribution in [0.2, 0.25) is 0 Å². The first-order chi connectivity index (χ1) is 10.7. The number of benzene rings is 1. The molecule has 2 heterocycles. The lowest BCUT2D eigenvalue weighted by molar-refractivity contribution is -0.115. The number of hydrogen-bond donors (Lipinski definition) is 1. The van der Waals surface area contributed by atoms with Gasteiger partial charge in [-0.3, -0.25) is 9.78 Å². The van der Waals surface area contributed by atoms with Crippen LogP contribution in [-0.4, -0.2) is 15.9 Å². The summed E-state index contributed by atoms with van der Waals surface area (Å²) in [6.45, 7) is 0. The van der Waals surface area contributed by atoms with E-state index >= 15 is 0 Å². The van der Waals surface area contributed by atoms with Crippen molar-refractivity contribution in [3.8, 4) is 10.7 Å². The van der Waals surface area contributed by atoms with Gasteiger partial charge in [-0.1, -0.05) is 28.1 Å². The molecular formula is C16H12BrN3OS. The molecule has 0 unspecified atom stereocenters. The number of halogens is 1. The zero-order valence-electron chi connectivity index (χ0n) is 11.5. The van der Waals surface area contributed by atoms with Crippen LogP contribution in [0.3, 0.4) is 0 Å². The Bertz CT molecular complexity index is 789. The van der Waals surface area contributed by atoms with E-state index in [9.17, 15) is 4.79 Å². The molecule has 0 saturated carbocycles. The van der Waals surface area contributed by atoms with Gasteiger partial charge in [-0.25, -0.2) is 4.98 Å². The highest BCUT2D eigenvalue weighted by Gasteiger charge is 2.10. The first-order valence-electron chi connectivity index (χ1n) is 6.62. The lowest BCUT2D eigenvalue weighted by Crippen LogP contribution is -2.14. The molecule has 2 aromatic heterocycles. The Balaban J connectivity index is 1.66. The molecule has 1 aromatic carbocycles. The predicted molar refractivity (Wildman–Crippen MR) is 91.8 cm³/mol. The number of carbonyl (C=O) groups is 1. The van der Waals surface area contributed by atoms with Gasteiger partial charge in [-0.05, 0) is 30.3 Å². The third kappa shape index (κ3) is 3.78. The van der Waals surface area contributed by atoms with Gasteiger partial charge in [0.2, 0.25) is 5.91 Å². The Labute approximate surface area is 140 Å². The minimum absolute atomic E-state index is 0.0871. The van der Waals surface area contributed by atoms with E-state index in [-0.39, 0.29) is 12.3 Å². The molecule has 1 N–H and O–H groups in total. The Morgan fingerprint density at radius 3 is 2.91 bits per heavy atom. The first-order valence-corrected chi connectivity index (χ1v) is 8.29. The second-order valence-electron chi connectivity index (χ2n) is 4.59. The molecule has 110 valence electrons. The van der Waals surface area contributed by atoms with E-state index in [0.29, 0.717) is 0 Å². The number of hydrogen-bond acceptors (Lipinski definition) is 4. The van der Waals surface area contributed by atoms with Crippen LogP contribution in [0.15, 0.2) is 58.5 Å². The highest BCUT2D eigenvalue weighted by Crippen LogP contribution is 2.22. The van der Waals surface area contributed by atoms with Gasteiger partial charge in [0.15, 0.2) is 0 Å². The minimum atomic E-state index is -0.0871. The topological polar surface area (TPSA) is 54.9 Å². The molecule has 6 heteroatoms. The Hall–Kier alpha value is -2.05. The SMILES string of the molecule is O=C(Cc1csc(-c2ccccn2)n1)Nc1cccc(Br)c1. The van der Waals surface area contributed by atoms with Crippen molar-refractivity contribution in [3.05, 3.63) is 64.2 Å². The molecule has 4 nitrogen and oxygen atoms in total. The smallest absolute Gasteiger partial charge is 0.230 e. The third-order valence-electron chi connectivity index (χ3n) is 2.89. The number of thiazole rings is 1. The van der Waals surface area contributed by atoms with Crippen molar-refractivity contribution in [2.45, 2.75) is 6.42 Å². The molecule has 0 bridgehead atoms. The summed E-state index contributed by atoms with van der Waals surface area (Å²) in [5.74, 6) is -0.0871. The number of pyridine rings is 1. The molecule has 0 saturated heterocycles. The summed E-state index contributed by atoms with van der Waals surface area (Å²) in [6.07, 6.45) is 1.98. The van der Waals surface area contributed by atoms with Crippen molar-refractivity contribution in [1.82, 2.24) is 9.97 Å². The van der Waals surface area contributed by atoms with Crippen LogP contribution in [0, 0.1) is 0 Å². The van der Waals surface area contributed by atoms with E-state index in [4.69, 9.17) is 0 Å². The van der Waals surface area contributed by atoms with E-state index in [1.54, 1.807) is 6.20 Å². The number of rotatable bonds is 4. The number of amides is 1. The lowest BCUT2D eigenvalue weighted by Gasteiger charge is -2.04. The number of aromatic nitrogens is 2. The minimum Gasteiger partial charge on any atom is -0.326 e. The Morgan fingerprint density at radius 1 is 1.23 bits per heavy atom. The second kappa shape index (κ2) is 6.81. The first kappa shape index (κ1) is 14.9. The molecular weight excluding hydrogens is 362 g/mol. The molecule has 22 heavy (non-hydrogen) atoms. The van der Waals surface area contributed by atoms with E-state index in [2.05, 4.69) is 31.2 Å². The van der Waals surface area contributed by atoms with Gasteiger partial charge in [0.1, 0.15) is 5.01 Å². The average molecular weight is 374 g/mol. The van der Waals surface area contributed by atoms with Gasteiger partial charge in [-0.2, -0.15) is 0 Å². The van der Waals surface area contributed by atoms with Gasteiger partial charge in [0, 0.05) is 21.7 Å². The summed E-state index contributed by atoms with van der Waals surface area (Å²) in [6, 6.07) is 13.2. The molecule has 1 amide bonds. The maximum absolute atomic E-state index is 12.1. The highest BCUT2D eigenvalue weighted by molar-refractivity contribution is 9.10. The zero-order valence-corrected chi connectivity index (χ0v) is 13.9. The van der Waals surface area contributed by atoms with E-state index in [0.717, 1.165) is 26.6 Å². The van der Waals surface area contributed by atoms with Gasteiger partial charge in [0.25, 0.3) is 0 Å². The summed E-state index contributed by atoms with van der Waals surface area (Å²) in [5.41, 5.74) is 2.34. The van der Waals surface area contributed by atoms with Crippen LogP contribution in [-0.2, 0) is 11.2 Å². The van der Waals surface area contributed by atoms with Gasteiger partial charge in [-0.15, -0.1) is 11.3 Å². The number of nitrogens with zero attached hydrogens (tertiary/aromatic N) is 2. The summed E-state index contributed by atoms with van der Waals surface area (Å²) in [4.78, 5) is 20.8. The summed E-state index contributed by atoms with van der Waals surface area (Å²) in [7, 11) is 0. The zero-order chi connectivity index (χ0) is 15.4. The summed E-state index contributed by atoms with van der Waals surface area (Å²) in [5, 5.41) is 5.58. The average Bonchev–Trinajstić information content (AvgIpc) is 2.96. The van der Waals surface area contributed by atoms with Crippen molar-refractivity contribution in [1.29, 1.82) is 0 Å². The predicted octanol–water partition coefficient (Wildman–Crippen LogP) is 4.15. The fourth-order valence-corrected chi connectivity index (χ4v) is 3.13. The number of anilines is 1. The molecule has 0 aliphatic carbocycles. The van der Waals surface area contributed by atoms with Crippen LogP contribution < -0.4 is 5.32 Å².